The van der Waals surface area contributed by atoms with Gasteiger partial charge in [-0.15, -0.1) is 0 Å². The van der Waals surface area contributed by atoms with Crippen LogP contribution >= 0.6 is 0 Å². The SMILES string of the molecule is Cc1nn(C(=O)c2cccc(C(F)(F)F)c2)c2cc([N+](=O)[O-])ccc12. The second-order valence-corrected chi connectivity index (χ2v) is 5.34. The Kier molecular flexibility index (Phi) is 3.78. The smallest absolute Gasteiger partial charge is 0.267 e. The van der Waals surface area contributed by atoms with Crippen LogP contribution in [0.3, 0.4) is 0 Å². The minimum absolute atomic E-state index is 0.161. The van der Waals surface area contributed by atoms with Crippen LogP contribution in [0.4, 0.5) is 18.9 Å². The Balaban J connectivity index is 2.14. The highest BCUT2D eigenvalue weighted by atomic mass is 19.4. The van der Waals surface area contributed by atoms with Crippen molar-refractivity contribution in [2.45, 2.75) is 13.1 Å². The molecule has 1 aromatic heterocycles. The maximum absolute atomic E-state index is 12.8. The van der Waals surface area contributed by atoms with Gasteiger partial charge in [-0.25, -0.2) is 0 Å². The first-order valence-electron chi connectivity index (χ1n) is 7.04. The van der Waals surface area contributed by atoms with Gasteiger partial charge in [-0.05, 0) is 31.2 Å². The molecule has 0 atom stereocenters. The summed E-state index contributed by atoms with van der Waals surface area (Å²) >= 11 is 0. The first-order chi connectivity index (χ1) is 11.7. The van der Waals surface area contributed by atoms with E-state index in [2.05, 4.69) is 5.10 Å². The maximum atomic E-state index is 12.8. The second-order valence-electron chi connectivity index (χ2n) is 5.34. The molecule has 6 nitrogen and oxygen atoms in total. The number of nitro benzene ring substituents is 1. The van der Waals surface area contributed by atoms with Crippen molar-refractivity contribution in [1.82, 2.24) is 9.78 Å². The molecule has 0 aliphatic heterocycles. The Labute approximate surface area is 138 Å². The number of nitro groups is 1. The monoisotopic (exact) mass is 349 g/mol. The van der Waals surface area contributed by atoms with E-state index in [0.29, 0.717) is 11.1 Å². The van der Waals surface area contributed by atoms with Crippen LogP contribution < -0.4 is 0 Å². The Bertz CT molecular complexity index is 1010. The molecule has 0 spiro atoms. The predicted octanol–water partition coefficient (Wildman–Crippen LogP) is 3.96. The third-order valence-electron chi connectivity index (χ3n) is 3.69. The number of carbonyl (C=O) groups is 1. The molecule has 2 aromatic carbocycles. The summed E-state index contributed by atoms with van der Waals surface area (Å²) in [6.07, 6.45) is -4.59. The fourth-order valence-corrected chi connectivity index (χ4v) is 2.48. The van der Waals surface area contributed by atoms with Gasteiger partial charge in [0.1, 0.15) is 0 Å². The van der Waals surface area contributed by atoms with Gasteiger partial charge in [0, 0.05) is 23.1 Å². The van der Waals surface area contributed by atoms with Gasteiger partial charge in [-0.1, -0.05) is 6.07 Å². The quantitative estimate of drug-likeness (QED) is 0.518. The van der Waals surface area contributed by atoms with Crippen LogP contribution in [0.2, 0.25) is 0 Å². The number of aryl methyl sites for hydroxylation is 1. The number of hydrogen-bond acceptors (Lipinski definition) is 4. The van der Waals surface area contributed by atoms with Crippen LogP contribution in [-0.4, -0.2) is 20.6 Å². The fourth-order valence-electron chi connectivity index (χ4n) is 2.48. The summed E-state index contributed by atoms with van der Waals surface area (Å²) in [4.78, 5) is 22.9. The Hall–Kier alpha value is -3.23. The van der Waals surface area contributed by atoms with E-state index < -0.39 is 22.6 Å². The van der Waals surface area contributed by atoms with Crippen molar-refractivity contribution < 1.29 is 22.9 Å². The molecule has 3 aromatic rings. The standard InChI is InChI=1S/C16H10F3N3O3/c1-9-13-6-5-12(22(24)25)8-14(13)21(20-9)15(23)10-3-2-4-11(7-10)16(17,18)19/h2-8H,1H3. The Morgan fingerprint density at radius 3 is 2.56 bits per heavy atom. The summed E-state index contributed by atoms with van der Waals surface area (Å²) in [6, 6.07) is 7.83. The first kappa shape index (κ1) is 16.6. The number of aromatic nitrogens is 2. The molecule has 0 bridgehead atoms. The Morgan fingerprint density at radius 1 is 1.20 bits per heavy atom. The van der Waals surface area contributed by atoms with Crippen molar-refractivity contribution >= 4 is 22.5 Å². The van der Waals surface area contributed by atoms with Gasteiger partial charge in [-0.2, -0.15) is 23.0 Å². The summed E-state index contributed by atoms with van der Waals surface area (Å²) in [7, 11) is 0. The zero-order valence-electron chi connectivity index (χ0n) is 12.7. The number of rotatable bonds is 2. The average Bonchev–Trinajstić information content (AvgIpc) is 2.90. The third kappa shape index (κ3) is 2.95. The van der Waals surface area contributed by atoms with Crippen molar-refractivity contribution in [2.75, 3.05) is 0 Å². The minimum Gasteiger partial charge on any atom is -0.267 e. The lowest BCUT2D eigenvalue weighted by Crippen LogP contribution is -2.15. The topological polar surface area (TPSA) is 78.0 Å². The third-order valence-corrected chi connectivity index (χ3v) is 3.69. The highest BCUT2D eigenvalue weighted by Gasteiger charge is 2.31. The van der Waals surface area contributed by atoms with Gasteiger partial charge in [0.2, 0.25) is 0 Å². The van der Waals surface area contributed by atoms with Gasteiger partial charge in [0.25, 0.3) is 11.6 Å². The van der Waals surface area contributed by atoms with E-state index in [1.54, 1.807) is 6.92 Å². The molecular weight excluding hydrogens is 339 g/mol. The van der Waals surface area contributed by atoms with Gasteiger partial charge in [0.05, 0.1) is 21.7 Å². The second kappa shape index (κ2) is 5.69. The highest BCUT2D eigenvalue weighted by molar-refractivity contribution is 6.02. The average molecular weight is 349 g/mol. The van der Waals surface area contributed by atoms with Crippen molar-refractivity contribution in [3.63, 3.8) is 0 Å². The van der Waals surface area contributed by atoms with E-state index in [-0.39, 0.29) is 16.8 Å². The van der Waals surface area contributed by atoms with Crippen molar-refractivity contribution in [3.05, 3.63) is 69.4 Å². The number of hydrogen-bond donors (Lipinski definition) is 0. The van der Waals surface area contributed by atoms with Crippen LogP contribution in [0.1, 0.15) is 21.6 Å². The summed E-state index contributed by atoms with van der Waals surface area (Å²) in [6.45, 7) is 1.60. The van der Waals surface area contributed by atoms with Gasteiger partial charge >= 0.3 is 6.18 Å². The molecular formula is C16H10F3N3O3. The van der Waals surface area contributed by atoms with Crippen molar-refractivity contribution in [1.29, 1.82) is 0 Å². The summed E-state index contributed by atoms with van der Waals surface area (Å²) in [5.74, 6) is -0.801. The van der Waals surface area contributed by atoms with Gasteiger partial charge < -0.3 is 0 Å². The zero-order valence-corrected chi connectivity index (χ0v) is 12.7. The molecule has 1 heterocycles. The van der Waals surface area contributed by atoms with Crippen LogP contribution in [0.15, 0.2) is 42.5 Å². The first-order valence-corrected chi connectivity index (χ1v) is 7.04. The molecule has 0 unspecified atom stereocenters. The highest BCUT2D eigenvalue weighted by Crippen LogP contribution is 2.30. The van der Waals surface area contributed by atoms with E-state index >= 15 is 0 Å². The van der Waals surface area contributed by atoms with Crippen LogP contribution in [-0.2, 0) is 6.18 Å². The van der Waals surface area contributed by atoms with Crippen molar-refractivity contribution in [3.8, 4) is 0 Å². The van der Waals surface area contributed by atoms with Gasteiger partial charge in [0.15, 0.2) is 0 Å². The molecule has 0 saturated heterocycles. The number of non-ortho nitro benzene ring substituents is 1. The van der Waals surface area contributed by atoms with E-state index in [4.69, 9.17) is 0 Å². The lowest BCUT2D eigenvalue weighted by Gasteiger charge is -2.08. The molecule has 3 rings (SSSR count). The fraction of sp³-hybridized carbons (Fsp3) is 0.125. The largest absolute Gasteiger partial charge is 0.416 e. The molecule has 0 N–H and O–H groups in total. The summed E-state index contributed by atoms with van der Waals surface area (Å²) < 4.78 is 39.4. The van der Waals surface area contributed by atoms with Crippen LogP contribution in [0, 0.1) is 17.0 Å². The molecule has 0 saturated carbocycles. The summed E-state index contributed by atoms with van der Waals surface area (Å²) in [5, 5.41) is 15.5. The molecule has 0 fully saturated rings. The number of halogens is 3. The molecule has 0 aliphatic rings. The van der Waals surface area contributed by atoms with E-state index in [0.717, 1.165) is 22.9 Å². The number of carbonyl (C=O) groups excluding carboxylic acids is 1. The normalized spacial score (nSPS) is 11.7. The molecule has 25 heavy (non-hydrogen) atoms. The lowest BCUT2D eigenvalue weighted by molar-refractivity contribution is -0.384. The van der Waals surface area contributed by atoms with E-state index in [9.17, 15) is 28.1 Å². The summed E-state index contributed by atoms with van der Waals surface area (Å²) in [5.41, 5.74) is -0.826. The number of fused-ring (bicyclic) bond motifs is 1. The molecule has 128 valence electrons. The number of benzene rings is 2. The van der Waals surface area contributed by atoms with Crippen LogP contribution in [0.5, 0.6) is 0 Å². The van der Waals surface area contributed by atoms with E-state index in [1.165, 1.54) is 24.3 Å². The zero-order chi connectivity index (χ0) is 18.4. The van der Waals surface area contributed by atoms with Gasteiger partial charge in [-0.3, -0.25) is 14.9 Å². The van der Waals surface area contributed by atoms with Crippen molar-refractivity contribution in [2.24, 2.45) is 0 Å². The number of nitrogens with zero attached hydrogens (tertiary/aromatic N) is 3. The predicted molar refractivity (Wildman–Crippen MR) is 82.3 cm³/mol. The minimum atomic E-state index is -4.59. The lowest BCUT2D eigenvalue weighted by atomic mass is 10.1. The molecule has 0 amide bonds. The van der Waals surface area contributed by atoms with Crippen LogP contribution in [0.25, 0.3) is 10.9 Å². The molecule has 0 radical (unpaired) electrons. The number of alkyl halides is 3. The van der Waals surface area contributed by atoms with E-state index in [1.807, 2.05) is 0 Å². The maximum Gasteiger partial charge on any atom is 0.416 e. The molecule has 0 aliphatic carbocycles. The Morgan fingerprint density at radius 2 is 1.92 bits per heavy atom. The molecule has 9 heteroatoms.